The number of rotatable bonds is 4. The molecule has 7 heteroatoms. The molecule has 1 N–H and O–H groups in total. The molecule has 0 unspecified atom stereocenters. The number of hydrogen-bond donors (Lipinski definition) is 1. The van der Waals surface area contributed by atoms with E-state index in [1.807, 2.05) is 23.6 Å². The Morgan fingerprint density at radius 1 is 1.28 bits per heavy atom. The van der Waals surface area contributed by atoms with Crippen molar-refractivity contribution in [3.05, 3.63) is 40.3 Å². The Morgan fingerprint density at radius 3 is 2.84 bits per heavy atom. The van der Waals surface area contributed by atoms with Crippen LogP contribution in [0.5, 0.6) is 11.5 Å². The van der Waals surface area contributed by atoms with Gasteiger partial charge < -0.3 is 14.8 Å². The van der Waals surface area contributed by atoms with Crippen LogP contribution in [0.1, 0.15) is 12.5 Å². The highest BCUT2D eigenvalue weighted by molar-refractivity contribution is 7.17. The summed E-state index contributed by atoms with van der Waals surface area (Å²) in [6.07, 6.45) is 2.63. The van der Waals surface area contributed by atoms with Crippen molar-refractivity contribution in [3.63, 3.8) is 0 Å². The molecule has 1 aliphatic rings. The van der Waals surface area contributed by atoms with Gasteiger partial charge in [0.1, 0.15) is 4.83 Å². The van der Waals surface area contributed by atoms with Crippen LogP contribution in [-0.2, 0) is 0 Å². The first-order valence-electron chi connectivity index (χ1n) is 8.14. The molecule has 1 aromatic carbocycles. The van der Waals surface area contributed by atoms with E-state index in [4.69, 9.17) is 9.47 Å². The minimum atomic E-state index is 0.0183. The van der Waals surface area contributed by atoms with Crippen molar-refractivity contribution >= 4 is 21.6 Å². The van der Waals surface area contributed by atoms with Crippen molar-refractivity contribution in [2.75, 3.05) is 27.3 Å². The van der Waals surface area contributed by atoms with Gasteiger partial charge in [-0.2, -0.15) is 0 Å². The van der Waals surface area contributed by atoms with Gasteiger partial charge in [-0.15, -0.1) is 11.3 Å². The molecule has 6 nitrogen and oxygen atoms in total. The lowest BCUT2D eigenvalue weighted by atomic mass is 10.1. The largest absolute Gasteiger partial charge is 0.493 e. The molecule has 2 aromatic heterocycles. The van der Waals surface area contributed by atoms with Gasteiger partial charge in [-0.1, -0.05) is 6.07 Å². The summed E-state index contributed by atoms with van der Waals surface area (Å²) in [5.41, 5.74) is 1.83. The highest BCUT2D eigenvalue weighted by Gasteiger charge is 2.21. The van der Waals surface area contributed by atoms with Crippen LogP contribution in [0.15, 0.2) is 34.7 Å². The van der Waals surface area contributed by atoms with Gasteiger partial charge in [-0.05, 0) is 30.7 Å². The predicted molar refractivity (Wildman–Crippen MR) is 98.9 cm³/mol. The molecular weight excluding hydrogens is 338 g/mol. The maximum absolute atomic E-state index is 13.1. The second-order valence-electron chi connectivity index (χ2n) is 6.00. The van der Waals surface area contributed by atoms with Gasteiger partial charge in [-0.3, -0.25) is 9.36 Å². The van der Waals surface area contributed by atoms with E-state index in [2.05, 4.69) is 10.3 Å². The SMILES string of the molecule is COc1ccc(-c2csc3ncn([C@H]4CCNC4)c(=O)c23)cc1OC. The molecule has 130 valence electrons. The van der Waals surface area contributed by atoms with Crippen molar-refractivity contribution < 1.29 is 9.47 Å². The second kappa shape index (κ2) is 6.50. The topological polar surface area (TPSA) is 65.4 Å². The average molecular weight is 357 g/mol. The molecule has 0 saturated carbocycles. The molecule has 25 heavy (non-hydrogen) atoms. The van der Waals surface area contributed by atoms with Crippen LogP contribution < -0.4 is 20.3 Å². The lowest BCUT2D eigenvalue weighted by Crippen LogP contribution is -2.26. The molecule has 1 fully saturated rings. The normalized spacial score (nSPS) is 17.1. The molecule has 4 rings (SSSR count). The fraction of sp³-hybridized carbons (Fsp3) is 0.333. The number of nitrogens with one attached hydrogen (secondary N) is 1. The number of methoxy groups -OCH3 is 2. The van der Waals surface area contributed by atoms with E-state index < -0.39 is 0 Å². The Hall–Kier alpha value is -2.38. The number of hydrogen-bond acceptors (Lipinski definition) is 6. The zero-order valence-corrected chi connectivity index (χ0v) is 14.9. The first-order valence-corrected chi connectivity index (χ1v) is 9.02. The molecule has 3 aromatic rings. The van der Waals surface area contributed by atoms with Gasteiger partial charge >= 0.3 is 0 Å². The van der Waals surface area contributed by atoms with E-state index in [1.54, 1.807) is 25.1 Å². The van der Waals surface area contributed by atoms with E-state index >= 15 is 0 Å². The summed E-state index contributed by atoms with van der Waals surface area (Å²) in [5, 5.41) is 5.96. The number of nitrogens with zero attached hydrogens (tertiary/aromatic N) is 2. The molecule has 1 atom stereocenters. The third kappa shape index (κ3) is 2.69. The standard InChI is InChI=1S/C18H19N3O3S/c1-23-14-4-3-11(7-15(14)24-2)13-9-25-17-16(13)18(22)21(10-20-17)12-5-6-19-8-12/h3-4,7,9-10,12,19H,5-6,8H2,1-2H3/t12-/m0/s1. The van der Waals surface area contributed by atoms with Crippen LogP contribution in [0, 0.1) is 0 Å². The van der Waals surface area contributed by atoms with Gasteiger partial charge in [0.05, 0.1) is 32.0 Å². The monoisotopic (exact) mass is 357 g/mol. The van der Waals surface area contributed by atoms with Crippen LogP contribution in [0.2, 0.25) is 0 Å². The average Bonchev–Trinajstić information content (AvgIpc) is 3.31. The number of thiophene rings is 1. The molecular formula is C18H19N3O3S. The van der Waals surface area contributed by atoms with Crippen molar-refractivity contribution in [2.45, 2.75) is 12.5 Å². The first kappa shape index (κ1) is 16.1. The summed E-state index contributed by atoms with van der Waals surface area (Å²) in [4.78, 5) is 18.4. The highest BCUT2D eigenvalue weighted by Crippen LogP contribution is 2.36. The van der Waals surface area contributed by atoms with Crippen LogP contribution in [-0.4, -0.2) is 36.9 Å². The molecule has 3 heterocycles. The van der Waals surface area contributed by atoms with Crippen LogP contribution in [0.3, 0.4) is 0 Å². The molecule has 1 aliphatic heterocycles. The zero-order valence-electron chi connectivity index (χ0n) is 14.1. The Morgan fingerprint density at radius 2 is 2.12 bits per heavy atom. The van der Waals surface area contributed by atoms with Crippen LogP contribution in [0.4, 0.5) is 0 Å². The summed E-state index contributed by atoms with van der Waals surface area (Å²) in [7, 11) is 3.21. The summed E-state index contributed by atoms with van der Waals surface area (Å²) >= 11 is 1.49. The third-order valence-corrected chi connectivity index (χ3v) is 5.53. The van der Waals surface area contributed by atoms with Crippen molar-refractivity contribution in [3.8, 4) is 22.6 Å². The van der Waals surface area contributed by atoms with Crippen LogP contribution >= 0.6 is 11.3 Å². The number of aromatic nitrogens is 2. The fourth-order valence-electron chi connectivity index (χ4n) is 3.30. The first-order chi connectivity index (χ1) is 12.2. The maximum atomic E-state index is 13.1. The molecule has 0 radical (unpaired) electrons. The van der Waals surface area contributed by atoms with E-state index in [1.165, 1.54) is 11.3 Å². The van der Waals surface area contributed by atoms with Gasteiger partial charge in [-0.25, -0.2) is 4.98 Å². The smallest absolute Gasteiger partial charge is 0.263 e. The quantitative estimate of drug-likeness (QED) is 0.778. The molecule has 0 spiro atoms. The van der Waals surface area contributed by atoms with Gasteiger partial charge in [0.2, 0.25) is 0 Å². The maximum Gasteiger partial charge on any atom is 0.263 e. The minimum absolute atomic E-state index is 0.0183. The summed E-state index contributed by atoms with van der Waals surface area (Å²) in [6, 6.07) is 5.86. The lowest BCUT2D eigenvalue weighted by Gasteiger charge is -2.12. The van der Waals surface area contributed by atoms with E-state index in [0.29, 0.717) is 16.9 Å². The van der Waals surface area contributed by atoms with Gasteiger partial charge in [0.15, 0.2) is 11.5 Å². The summed E-state index contributed by atoms with van der Waals surface area (Å²) in [6.45, 7) is 1.74. The predicted octanol–water partition coefficient (Wildman–Crippen LogP) is 2.68. The van der Waals surface area contributed by atoms with Crippen molar-refractivity contribution in [1.29, 1.82) is 0 Å². The fourth-order valence-corrected chi connectivity index (χ4v) is 4.21. The highest BCUT2D eigenvalue weighted by atomic mass is 32.1. The van der Waals surface area contributed by atoms with Gasteiger partial charge in [0, 0.05) is 17.5 Å². The number of fused-ring (bicyclic) bond motifs is 1. The van der Waals surface area contributed by atoms with E-state index in [-0.39, 0.29) is 11.6 Å². The molecule has 0 amide bonds. The third-order valence-electron chi connectivity index (χ3n) is 4.64. The lowest BCUT2D eigenvalue weighted by molar-refractivity contribution is 0.355. The van der Waals surface area contributed by atoms with E-state index in [0.717, 1.165) is 35.5 Å². The number of ether oxygens (including phenoxy) is 2. The van der Waals surface area contributed by atoms with E-state index in [9.17, 15) is 4.79 Å². The number of benzene rings is 1. The molecule has 0 bridgehead atoms. The second-order valence-corrected chi connectivity index (χ2v) is 6.86. The summed E-state index contributed by atoms with van der Waals surface area (Å²) < 4.78 is 12.5. The molecule has 0 aliphatic carbocycles. The van der Waals surface area contributed by atoms with Gasteiger partial charge in [0.25, 0.3) is 5.56 Å². The van der Waals surface area contributed by atoms with Crippen molar-refractivity contribution in [1.82, 2.24) is 14.9 Å². The van der Waals surface area contributed by atoms with Crippen LogP contribution in [0.25, 0.3) is 21.3 Å². The Balaban J connectivity index is 1.88. The molecule has 1 saturated heterocycles. The Kier molecular flexibility index (Phi) is 4.19. The zero-order chi connectivity index (χ0) is 17.4. The Bertz CT molecular complexity index is 973. The summed E-state index contributed by atoms with van der Waals surface area (Å²) in [5.74, 6) is 1.31. The van der Waals surface area contributed by atoms with Crippen molar-refractivity contribution in [2.24, 2.45) is 0 Å². The Labute approximate surface area is 149 Å². The minimum Gasteiger partial charge on any atom is -0.493 e.